The first-order valence-corrected chi connectivity index (χ1v) is 16.9. The number of ether oxygens (including phenoxy) is 1. The van der Waals surface area contributed by atoms with Crippen molar-refractivity contribution < 1.29 is 17.9 Å². The number of benzene rings is 3. The van der Waals surface area contributed by atoms with Crippen molar-refractivity contribution in [2.75, 3.05) is 75.2 Å². The topological polar surface area (TPSA) is 94.2 Å². The van der Waals surface area contributed by atoms with Crippen LogP contribution in [-0.2, 0) is 26.7 Å². The number of hydrogen-bond acceptors (Lipinski definition) is 7. The molecule has 0 unspecified atom stereocenters. The van der Waals surface area contributed by atoms with E-state index < -0.39 is 10.0 Å². The summed E-state index contributed by atoms with van der Waals surface area (Å²) in [5.41, 5.74) is 3.89. The third-order valence-electron chi connectivity index (χ3n) is 8.30. The van der Waals surface area contributed by atoms with Gasteiger partial charge in [0.15, 0.2) is 0 Å². The molecule has 3 aromatic carbocycles. The molecule has 0 aliphatic carbocycles. The molecule has 3 aromatic rings. The summed E-state index contributed by atoms with van der Waals surface area (Å²) in [5.74, 6) is -0.212. The predicted octanol–water partition coefficient (Wildman–Crippen LogP) is 4.17. The van der Waals surface area contributed by atoms with Gasteiger partial charge in [0.2, 0.25) is 0 Å². The van der Waals surface area contributed by atoms with Crippen molar-refractivity contribution in [2.24, 2.45) is 0 Å². The highest BCUT2D eigenvalue weighted by Gasteiger charge is 2.24. The van der Waals surface area contributed by atoms with Crippen LogP contribution < -0.4 is 14.9 Å². The normalized spacial score (nSPS) is 16.9. The van der Waals surface area contributed by atoms with Crippen LogP contribution in [0.15, 0.2) is 77.7 Å². The van der Waals surface area contributed by atoms with Crippen LogP contribution in [0.25, 0.3) is 0 Å². The van der Waals surface area contributed by atoms with Gasteiger partial charge in [0.05, 0.1) is 23.7 Å². The lowest BCUT2D eigenvalue weighted by Gasteiger charge is -2.37. The molecule has 236 valence electrons. The van der Waals surface area contributed by atoms with Crippen molar-refractivity contribution in [1.82, 2.24) is 15.1 Å². The van der Waals surface area contributed by atoms with Gasteiger partial charge in [-0.1, -0.05) is 63.2 Å². The van der Waals surface area contributed by atoms with E-state index in [1.807, 2.05) is 24.3 Å². The Kier molecular flexibility index (Phi) is 10.3. The average Bonchev–Trinajstić information content (AvgIpc) is 3.02. The van der Waals surface area contributed by atoms with Gasteiger partial charge in [-0.25, -0.2) is 8.42 Å². The van der Waals surface area contributed by atoms with Crippen molar-refractivity contribution in [3.05, 3.63) is 89.5 Å². The fourth-order valence-electron chi connectivity index (χ4n) is 5.64. The van der Waals surface area contributed by atoms with Crippen LogP contribution in [0.4, 0.5) is 11.4 Å². The van der Waals surface area contributed by atoms with Crippen molar-refractivity contribution >= 4 is 27.3 Å². The van der Waals surface area contributed by atoms with Crippen LogP contribution in [0.1, 0.15) is 42.3 Å². The van der Waals surface area contributed by atoms with E-state index in [-0.39, 0.29) is 16.2 Å². The van der Waals surface area contributed by atoms with Gasteiger partial charge in [-0.05, 0) is 46.9 Å². The molecule has 0 atom stereocenters. The highest BCUT2D eigenvalue weighted by Crippen LogP contribution is 2.28. The van der Waals surface area contributed by atoms with Gasteiger partial charge >= 0.3 is 0 Å². The van der Waals surface area contributed by atoms with Gasteiger partial charge in [0.1, 0.15) is 0 Å². The largest absolute Gasteiger partial charge is 0.379 e. The maximum atomic E-state index is 13.6. The number of hydrogen-bond donors (Lipinski definition) is 2. The number of nitrogens with zero attached hydrogens (tertiary/aromatic N) is 3. The summed E-state index contributed by atoms with van der Waals surface area (Å²) in [4.78, 5) is 20.7. The zero-order valence-electron chi connectivity index (χ0n) is 26.1. The highest BCUT2D eigenvalue weighted by atomic mass is 32.2. The number of sulfonamides is 1. The number of morpholine rings is 1. The van der Waals surface area contributed by atoms with Crippen molar-refractivity contribution in [1.29, 1.82) is 0 Å². The minimum Gasteiger partial charge on any atom is -0.379 e. The van der Waals surface area contributed by atoms with Gasteiger partial charge in [0, 0.05) is 70.3 Å². The summed E-state index contributed by atoms with van der Waals surface area (Å²) in [6.45, 7) is 14.8. The van der Waals surface area contributed by atoms with Crippen LogP contribution in [0.5, 0.6) is 0 Å². The van der Waals surface area contributed by atoms with Crippen molar-refractivity contribution in [2.45, 2.75) is 37.6 Å². The van der Waals surface area contributed by atoms with Crippen LogP contribution in [0, 0.1) is 0 Å². The molecule has 0 spiro atoms. The predicted molar refractivity (Wildman–Crippen MR) is 176 cm³/mol. The third kappa shape index (κ3) is 8.38. The van der Waals surface area contributed by atoms with Crippen molar-refractivity contribution in [3.63, 3.8) is 0 Å². The number of carbonyl (C=O) groups is 1. The molecule has 2 fully saturated rings. The smallest absolute Gasteiger partial charge is 0.261 e. The summed E-state index contributed by atoms with van der Waals surface area (Å²) in [6, 6.07) is 22.7. The number of piperazine rings is 1. The zero-order chi connectivity index (χ0) is 31.2. The van der Waals surface area contributed by atoms with E-state index in [0.717, 1.165) is 63.6 Å². The first-order chi connectivity index (χ1) is 21.1. The minimum absolute atomic E-state index is 0.0807. The summed E-state index contributed by atoms with van der Waals surface area (Å²) < 4.78 is 34.8. The molecule has 5 rings (SSSR count). The van der Waals surface area contributed by atoms with E-state index in [4.69, 9.17) is 4.74 Å². The Bertz CT molecular complexity index is 1490. The Morgan fingerprint density at radius 2 is 1.52 bits per heavy atom. The first-order valence-electron chi connectivity index (χ1n) is 15.5. The van der Waals surface area contributed by atoms with Crippen molar-refractivity contribution in [3.8, 4) is 0 Å². The Balaban J connectivity index is 1.32. The number of carbonyl (C=O) groups excluding carboxylic acids is 1. The Hall–Kier alpha value is -3.44. The lowest BCUT2D eigenvalue weighted by atomic mass is 9.87. The average molecular weight is 620 g/mol. The monoisotopic (exact) mass is 619 g/mol. The number of nitrogens with one attached hydrogen (secondary N) is 2. The maximum absolute atomic E-state index is 13.6. The maximum Gasteiger partial charge on any atom is 0.261 e. The van der Waals surface area contributed by atoms with Crippen LogP contribution >= 0.6 is 0 Å². The lowest BCUT2D eigenvalue weighted by molar-refractivity contribution is 0.0383. The first kappa shape index (κ1) is 32.0. The van der Waals surface area contributed by atoms with E-state index in [1.54, 1.807) is 24.3 Å². The number of amides is 1. The molecule has 0 bridgehead atoms. The molecule has 2 heterocycles. The van der Waals surface area contributed by atoms with E-state index in [1.165, 1.54) is 5.56 Å². The van der Waals surface area contributed by atoms with Gasteiger partial charge < -0.3 is 15.0 Å². The third-order valence-corrected chi connectivity index (χ3v) is 9.70. The zero-order valence-corrected chi connectivity index (χ0v) is 26.9. The second-order valence-electron chi connectivity index (χ2n) is 12.6. The number of anilines is 2. The van der Waals surface area contributed by atoms with Crippen LogP contribution in [0.2, 0.25) is 0 Å². The minimum atomic E-state index is -3.84. The summed E-state index contributed by atoms with van der Waals surface area (Å²) in [7, 11) is -3.84. The standard InChI is InChI=1S/C34H45N5O4S/c1-34(2,3)28-9-12-30(13-10-28)44(41,42)36-29-11-14-32(31(25-29)33(40)35-15-16-37-21-23-43-24-22-37)39-19-17-38(18-20-39)26-27-7-5-4-6-8-27/h4-14,25,36H,15-24,26H2,1-3H3,(H,35,40). The van der Waals surface area contributed by atoms with Gasteiger partial charge in [-0.15, -0.1) is 0 Å². The summed E-state index contributed by atoms with van der Waals surface area (Å²) >= 11 is 0. The van der Waals surface area contributed by atoms with E-state index >= 15 is 0 Å². The molecule has 0 radical (unpaired) electrons. The summed E-state index contributed by atoms with van der Waals surface area (Å²) in [6.07, 6.45) is 0. The molecule has 2 N–H and O–H groups in total. The molecule has 10 heteroatoms. The molecule has 2 aliphatic rings. The molecule has 9 nitrogen and oxygen atoms in total. The lowest BCUT2D eigenvalue weighted by Crippen LogP contribution is -2.46. The Morgan fingerprint density at radius 1 is 0.841 bits per heavy atom. The second kappa shape index (κ2) is 14.1. The Morgan fingerprint density at radius 3 is 2.18 bits per heavy atom. The molecule has 0 saturated carbocycles. The highest BCUT2D eigenvalue weighted by molar-refractivity contribution is 7.92. The van der Waals surface area contributed by atoms with Gasteiger partial charge in [0.25, 0.3) is 15.9 Å². The number of rotatable bonds is 10. The molecular weight excluding hydrogens is 574 g/mol. The quantitative estimate of drug-likeness (QED) is 0.352. The van der Waals surface area contributed by atoms with Crippen LogP contribution in [0.3, 0.4) is 0 Å². The molecule has 2 saturated heterocycles. The van der Waals surface area contributed by atoms with Gasteiger partial charge in [-0.2, -0.15) is 0 Å². The molecule has 1 amide bonds. The van der Waals surface area contributed by atoms with Crippen LogP contribution in [-0.4, -0.2) is 89.7 Å². The second-order valence-corrected chi connectivity index (χ2v) is 14.3. The van der Waals surface area contributed by atoms with E-state index in [9.17, 15) is 13.2 Å². The van der Waals surface area contributed by atoms with E-state index in [0.29, 0.717) is 31.0 Å². The molecular formula is C34H45N5O4S. The Labute approximate surface area is 262 Å². The summed E-state index contributed by atoms with van der Waals surface area (Å²) in [5, 5.41) is 3.07. The van der Waals surface area contributed by atoms with E-state index in [2.05, 4.69) is 69.8 Å². The molecule has 0 aromatic heterocycles. The molecule has 2 aliphatic heterocycles. The SMILES string of the molecule is CC(C)(C)c1ccc(S(=O)(=O)Nc2ccc(N3CCN(Cc4ccccc4)CC3)c(C(=O)NCCN3CCOCC3)c2)cc1. The van der Waals surface area contributed by atoms with Gasteiger partial charge in [-0.3, -0.25) is 19.3 Å². The molecule has 44 heavy (non-hydrogen) atoms. The fourth-order valence-corrected chi connectivity index (χ4v) is 6.69. The fraction of sp³-hybridized carbons (Fsp3) is 0.441.